The molecule has 0 aliphatic rings. The van der Waals surface area contributed by atoms with Gasteiger partial charge in [-0.1, -0.05) is 0 Å². The number of hydrogen-bond donors (Lipinski definition) is 0. The molecule has 0 spiro atoms. The monoisotopic (exact) mass is 286 g/mol. The van der Waals surface area contributed by atoms with E-state index in [9.17, 15) is 0 Å². The van der Waals surface area contributed by atoms with Crippen molar-refractivity contribution in [3.63, 3.8) is 0 Å². The van der Waals surface area contributed by atoms with Gasteiger partial charge >= 0.3 is 0 Å². The summed E-state index contributed by atoms with van der Waals surface area (Å²) in [6.07, 6.45) is 1.73. The zero-order valence-corrected chi connectivity index (χ0v) is 9.13. The molecule has 0 N–H and O–H groups in total. The van der Waals surface area contributed by atoms with Crippen molar-refractivity contribution in [2.24, 2.45) is 0 Å². The van der Waals surface area contributed by atoms with Gasteiger partial charge in [0.15, 0.2) is 0 Å². The molecule has 2 heterocycles. The highest BCUT2D eigenvalue weighted by Gasteiger charge is 1.99. The van der Waals surface area contributed by atoms with Crippen molar-refractivity contribution in [2.45, 2.75) is 0 Å². The summed E-state index contributed by atoms with van der Waals surface area (Å²) in [4.78, 5) is 8.38. The Morgan fingerprint density at radius 1 is 1.08 bits per heavy atom. The number of pyridine rings is 2. The van der Waals surface area contributed by atoms with Gasteiger partial charge in [-0.3, -0.25) is 0 Å². The second-order valence-corrected chi connectivity index (χ2v) is 3.87. The Morgan fingerprint density at radius 3 is 2.75 bits per heavy atom. The van der Waals surface area contributed by atoms with Crippen LogP contribution in [0, 0.1) is 0 Å². The smallest absolute Gasteiger partial charge is 0.115 e. The lowest BCUT2D eigenvalue weighted by atomic mass is 10.3. The maximum Gasteiger partial charge on any atom is 0.115 e. The number of aromatic nitrogens is 2. The predicted molar refractivity (Wildman–Crippen MR) is 54.9 cm³/mol. The van der Waals surface area contributed by atoms with Crippen molar-refractivity contribution >= 4 is 42.8 Å². The third-order valence-corrected chi connectivity index (χ3v) is 2.61. The minimum Gasteiger partial charge on any atom is -0.249 e. The van der Waals surface area contributed by atoms with Gasteiger partial charge in [0.25, 0.3) is 0 Å². The number of nitrogens with zero attached hydrogens (tertiary/aromatic N) is 2. The molecule has 2 aromatic rings. The maximum absolute atomic E-state index is 4.28. The molecule has 60 valence electrons. The first-order valence-corrected chi connectivity index (χ1v) is 4.93. The highest BCUT2D eigenvalue weighted by molar-refractivity contribution is 9.10. The topological polar surface area (TPSA) is 25.8 Å². The fraction of sp³-hybridized carbons (Fsp3) is 0. The molecule has 0 saturated heterocycles. The molecule has 0 aliphatic carbocycles. The third kappa shape index (κ3) is 1.36. The summed E-state index contributed by atoms with van der Waals surface area (Å²) in [5.41, 5.74) is 0.936. The minimum absolute atomic E-state index is 0.833. The van der Waals surface area contributed by atoms with Crippen molar-refractivity contribution in [1.29, 1.82) is 0 Å². The van der Waals surface area contributed by atoms with Crippen LogP contribution in [-0.2, 0) is 0 Å². The summed E-state index contributed by atoms with van der Waals surface area (Å²) in [5, 5.41) is 1.03. The molecule has 0 atom stereocenters. The largest absolute Gasteiger partial charge is 0.249 e. The molecule has 12 heavy (non-hydrogen) atoms. The molecule has 0 aliphatic heterocycles. The summed E-state index contributed by atoms with van der Waals surface area (Å²) in [5.74, 6) is 0. The third-order valence-electron chi connectivity index (χ3n) is 1.53. The predicted octanol–water partition coefficient (Wildman–Crippen LogP) is 3.15. The summed E-state index contributed by atoms with van der Waals surface area (Å²) in [6, 6.07) is 5.75. The van der Waals surface area contributed by atoms with E-state index in [4.69, 9.17) is 0 Å². The normalized spacial score (nSPS) is 10.5. The average Bonchev–Trinajstić information content (AvgIpc) is 2.04. The fourth-order valence-electron chi connectivity index (χ4n) is 0.994. The standard InChI is InChI=1S/C8H4Br2N2/c9-7-2-1-5-6(12-7)3-4-11-8(5)10/h1-4H. The van der Waals surface area contributed by atoms with Gasteiger partial charge in [0, 0.05) is 11.6 Å². The molecule has 0 saturated carbocycles. The molecule has 0 amide bonds. The van der Waals surface area contributed by atoms with Crippen molar-refractivity contribution in [1.82, 2.24) is 9.97 Å². The summed E-state index contributed by atoms with van der Waals surface area (Å²) in [7, 11) is 0. The van der Waals surface area contributed by atoms with Gasteiger partial charge in [-0.15, -0.1) is 0 Å². The zero-order chi connectivity index (χ0) is 8.55. The van der Waals surface area contributed by atoms with E-state index in [-0.39, 0.29) is 0 Å². The van der Waals surface area contributed by atoms with E-state index in [1.165, 1.54) is 0 Å². The molecule has 0 aromatic carbocycles. The van der Waals surface area contributed by atoms with Crippen molar-refractivity contribution in [3.8, 4) is 0 Å². The molecule has 2 rings (SSSR count). The molecule has 2 nitrogen and oxygen atoms in total. The van der Waals surface area contributed by atoms with E-state index in [1.807, 2.05) is 18.2 Å². The fourth-order valence-corrected chi connectivity index (χ4v) is 1.77. The Balaban J connectivity index is 2.86. The SMILES string of the molecule is Brc1ccc2c(Br)nccc2n1. The Labute approximate surface area is 86.3 Å². The highest BCUT2D eigenvalue weighted by atomic mass is 79.9. The molecule has 0 radical (unpaired) electrons. The lowest BCUT2D eigenvalue weighted by molar-refractivity contribution is 1.27. The van der Waals surface area contributed by atoms with E-state index in [1.54, 1.807) is 6.20 Å². The quantitative estimate of drug-likeness (QED) is 0.696. The van der Waals surface area contributed by atoms with Crippen LogP contribution in [0.4, 0.5) is 0 Å². The first kappa shape index (κ1) is 8.13. The van der Waals surface area contributed by atoms with Crippen molar-refractivity contribution < 1.29 is 0 Å². The van der Waals surface area contributed by atoms with Crippen LogP contribution in [0.3, 0.4) is 0 Å². The van der Waals surface area contributed by atoms with Gasteiger partial charge in [0.1, 0.15) is 9.21 Å². The van der Waals surface area contributed by atoms with E-state index < -0.39 is 0 Å². The van der Waals surface area contributed by atoms with Gasteiger partial charge in [-0.05, 0) is 50.1 Å². The first-order chi connectivity index (χ1) is 5.77. The maximum atomic E-state index is 4.28. The first-order valence-electron chi connectivity index (χ1n) is 3.34. The van der Waals surface area contributed by atoms with Crippen LogP contribution in [0.5, 0.6) is 0 Å². The molecule has 2 aromatic heterocycles. The van der Waals surface area contributed by atoms with Crippen LogP contribution in [0.15, 0.2) is 33.6 Å². The van der Waals surface area contributed by atoms with Crippen LogP contribution in [0.2, 0.25) is 0 Å². The van der Waals surface area contributed by atoms with Gasteiger partial charge in [0.2, 0.25) is 0 Å². The summed E-state index contributed by atoms with van der Waals surface area (Å²) in [6.45, 7) is 0. The van der Waals surface area contributed by atoms with Crippen LogP contribution in [-0.4, -0.2) is 9.97 Å². The van der Waals surface area contributed by atoms with Crippen LogP contribution < -0.4 is 0 Å². The molecule has 0 bridgehead atoms. The van der Waals surface area contributed by atoms with Gasteiger partial charge in [-0.25, -0.2) is 9.97 Å². The highest BCUT2D eigenvalue weighted by Crippen LogP contribution is 2.21. The Hall–Kier alpha value is -0.480. The van der Waals surface area contributed by atoms with Crippen LogP contribution in [0.1, 0.15) is 0 Å². The summed E-state index contributed by atoms with van der Waals surface area (Å²) < 4.78 is 1.67. The lowest BCUT2D eigenvalue weighted by Gasteiger charge is -1.98. The van der Waals surface area contributed by atoms with Crippen molar-refractivity contribution in [2.75, 3.05) is 0 Å². The molecule has 4 heteroatoms. The second-order valence-electron chi connectivity index (χ2n) is 2.30. The Bertz CT molecular complexity index is 428. The van der Waals surface area contributed by atoms with Crippen LogP contribution >= 0.6 is 31.9 Å². The van der Waals surface area contributed by atoms with Gasteiger partial charge in [-0.2, -0.15) is 0 Å². The van der Waals surface area contributed by atoms with Crippen molar-refractivity contribution in [3.05, 3.63) is 33.6 Å². The minimum atomic E-state index is 0.833. The number of hydrogen-bond acceptors (Lipinski definition) is 2. The van der Waals surface area contributed by atoms with Gasteiger partial charge < -0.3 is 0 Å². The lowest BCUT2D eigenvalue weighted by Crippen LogP contribution is -1.82. The van der Waals surface area contributed by atoms with E-state index in [0.29, 0.717) is 0 Å². The van der Waals surface area contributed by atoms with Crippen LogP contribution in [0.25, 0.3) is 10.9 Å². The van der Waals surface area contributed by atoms with E-state index in [2.05, 4.69) is 41.8 Å². The zero-order valence-electron chi connectivity index (χ0n) is 5.96. The second kappa shape index (κ2) is 3.11. The number of rotatable bonds is 0. The van der Waals surface area contributed by atoms with E-state index >= 15 is 0 Å². The number of halogens is 2. The molecular weight excluding hydrogens is 284 g/mol. The molecule has 0 fully saturated rings. The number of fused-ring (bicyclic) bond motifs is 1. The molecule has 0 unspecified atom stereocenters. The van der Waals surface area contributed by atoms with E-state index in [0.717, 1.165) is 20.1 Å². The van der Waals surface area contributed by atoms with Gasteiger partial charge in [0.05, 0.1) is 5.52 Å². The Kier molecular flexibility index (Phi) is 2.11. The summed E-state index contributed by atoms with van der Waals surface area (Å²) >= 11 is 6.67. The average molecular weight is 288 g/mol. The molecular formula is C8H4Br2N2. The Morgan fingerprint density at radius 2 is 1.92 bits per heavy atom.